The van der Waals surface area contributed by atoms with Gasteiger partial charge in [0.1, 0.15) is 17.1 Å². The molecule has 0 bridgehead atoms. The zero-order valence-corrected chi connectivity index (χ0v) is 16.3. The molecule has 0 saturated carbocycles. The molecule has 1 aromatic heterocycles. The van der Waals surface area contributed by atoms with Crippen LogP contribution in [0.1, 0.15) is 10.4 Å². The third-order valence-corrected chi connectivity index (χ3v) is 4.32. The lowest BCUT2D eigenvalue weighted by Gasteiger charge is -2.18. The molecule has 27 heavy (non-hydrogen) atoms. The van der Waals surface area contributed by atoms with E-state index in [9.17, 15) is 4.79 Å². The normalized spacial score (nSPS) is 10.4. The van der Waals surface area contributed by atoms with Crippen molar-refractivity contribution >= 4 is 40.5 Å². The molecule has 0 fully saturated rings. The molecule has 0 aliphatic heterocycles. The van der Waals surface area contributed by atoms with E-state index in [1.807, 2.05) is 43.3 Å². The molecule has 0 atom stereocenters. The maximum Gasteiger partial charge on any atom is 0.261 e. The third-order valence-electron chi connectivity index (χ3n) is 3.77. The van der Waals surface area contributed by atoms with Crippen LogP contribution in [0.4, 0.5) is 11.4 Å². The van der Waals surface area contributed by atoms with Crippen LogP contribution in [0.25, 0.3) is 0 Å². The van der Waals surface area contributed by atoms with Crippen LogP contribution in [0.5, 0.6) is 11.5 Å². The SMILES string of the molecule is CN(C)c1ccccc1NC(=O)c1cnccc1Oc1cc(Cl)ccc1Cl. The number of para-hydroxylation sites is 2. The van der Waals surface area contributed by atoms with Gasteiger partial charge in [-0.3, -0.25) is 9.78 Å². The first-order valence-electron chi connectivity index (χ1n) is 8.10. The van der Waals surface area contributed by atoms with Crippen LogP contribution < -0.4 is 15.0 Å². The zero-order chi connectivity index (χ0) is 19.4. The molecular formula is C20H17Cl2N3O2. The largest absolute Gasteiger partial charge is 0.455 e. The van der Waals surface area contributed by atoms with Gasteiger partial charge in [-0.2, -0.15) is 0 Å². The lowest BCUT2D eigenvalue weighted by Crippen LogP contribution is -2.17. The van der Waals surface area contributed by atoms with Crippen molar-refractivity contribution in [2.75, 3.05) is 24.3 Å². The van der Waals surface area contributed by atoms with Crippen molar-refractivity contribution in [1.82, 2.24) is 4.98 Å². The van der Waals surface area contributed by atoms with Crippen molar-refractivity contribution in [2.24, 2.45) is 0 Å². The number of ether oxygens (including phenoxy) is 1. The van der Waals surface area contributed by atoms with E-state index in [4.69, 9.17) is 27.9 Å². The minimum absolute atomic E-state index is 0.280. The van der Waals surface area contributed by atoms with Crippen molar-refractivity contribution in [1.29, 1.82) is 0 Å². The number of nitrogens with one attached hydrogen (secondary N) is 1. The number of carbonyl (C=O) groups is 1. The summed E-state index contributed by atoms with van der Waals surface area (Å²) in [5.74, 6) is 0.345. The summed E-state index contributed by atoms with van der Waals surface area (Å²) in [6.07, 6.45) is 2.99. The van der Waals surface area contributed by atoms with Crippen LogP contribution in [0.15, 0.2) is 60.9 Å². The van der Waals surface area contributed by atoms with Crippen LogP contribution in [0.2, 0.25) is 10.0 Å². The van der Waals surface area contributed by atoms with Gasteiger partial charge < -0.3 is 15.0 Å². The van der Waals surface area contributed by atoms with E-state index >= 15 is 0 Å². The average molecular weight is 402 g/mol. The number of anilines is 2. The van der Waals surface area contributed by atoms with E-state index in [2.05, 4.69) is 10.3 Å². The Morgan fingerprint density at radius 1 is 1.07 bits per heavy atom. The van der Waals surface area contributed by atoms with Gasteiger partial charge in [-0.25, -0.2) is 0 Å². The monoisotopic (exact) mass is 401 g/mol. The van der Waals surface area contributed by atoms with Crippen LogP contribution in [0, 0.1) is 0 Å². The Bertz CT molecular complexity index is 977. The molecule has 0 radical (unpaired) electrons. The van der Waals surface area contributed by atoms with Gasteiger partial charge in [-0.15, -0.1) is 0 Å². The van der Waals surface area contributed by atoms with Crippen molar-refractivity contribution < 1.29 is 9.53 Å². The Morgan fingerprint density at radius 2 is 1.85 bits per heavy atom. The summed E-state index contributed by atoms with van der Waals surface area (Å²) in [4.78, 5) is 18.8. The third kappa shape index (κ3) is 4.51. The van der Waals surface area contributed by atoms with Crippen LogP contribution in [-0.2, 0) is 0 Å². The first kappa shape index (κ1) is 19.0. The Morgan fingerprint density at radius 3 is 2.63 bits per heavy atom. The minimum atomic E-state index is -0.342. The fraction of sp³-hybridized carbons (Fsp3) is 0.100. The van der Waals surface area contributed by atoms with Gasteiger partial charge in [-0.05, 0) is 30.3 Å². The van der Waals surface area contributed by atoms with Crippen molar-refractivity contribution in [3.63, 3.8) is 0 Å². The summed E-state index contributed by atoms with van der Waals surface area (Å²) in [6, 6.07) is 14.0. The van der Waals surface area contributed by atoms with E-state index in [0.717, 1.165) is 5.69 Å². The zero-order valence-electron chi connectivity index (χ0n) is 14.7. The van der Waals surface area contributed by atoms with Gasteiger partial charge in [-0.1, -0.05) is 35.3 Å². The van der Waals surface area contributed by atoms with Crippen LogP contribution in [0.3, 0.4) is 0 Å². The molecule has 0 unspecified atom stereocenters. The molecule has 0 spiro atoms. The molecule has 3 rings (SSSR count). The van der Waals surface area contributed by atoms with Gasteiger partial charge in [0.15, 0.2) is 0 Å². The number of amides is 1. The van der Waals surface area contributed by atoms with E-state index < -0.39 is 0 Å². The summed E-state index contributed by atoms with van der Waals surface area (Å²) in [7, 11) is 3.81. The Kier molecular flexibility index (Phi) is 5.84. The van der Waals surface area contributed by atoms with Crippen molar-refractivity contribution in [3.8, 4) is 11.5 Å². The Hall–Kier alpha value is -2.76. The molecule has 1 amide bonds. The Balaban J connectivity index is 1.90. The minimum Gasteiger partial charge on any atom is -0.455 e. The predicted molar refractivity (Wildman–Crippen MR) is 109 cm³/mol. The average Bonchev–Trinajstić information content (AvgIpc) is 2.65. The fourth-order valence-electron chi connectivity index (χ4n) is 2.47. The van der Waals surface area contributed by atoms with Gasteiger partial charge in [0, 0.05) is 37.6 Å². The quantitative estimate of drug-likeness (QED) is 0.613. The molecule has 3 aromatic rings. The second kappa shape index (κ2) is 8.29. The summed E-state index contributed by atoms with van der Waals surface area (Å²) >= 11 is 12.2. The number of carbonyl (C=O) groups excluding carboxylic acids is 1. The molecule has 0 saturated heterocycles. The number of pyridine rings is 1. The lowest BCUT2D eigenvalue weighted by atomic mass is 10.2. The molecule has 1 heterocycles. The fourth-order valence-corrected chi connectivity index (χ4v) is 2.79. The van der Waals surface area contributed by atoms with Gasteiger partial charge in [0.2, 0.25) is 0 Å². The number of hydrogen-bond acceptors (Lipinski definition) is 4. The molecule has 7 heteroatoms. The number of halogens is 2. The van der Waals surface area contributed by atoms with Crippen LogP contribution in [-0.4, -0.2) is 25.0 Å². The molecule has 5 nitrogen and oxygen atoms in total. The van der Waals surface area contributed by atoms with Crippen molar-refractivity contribution in [3.05, 3.63) is 76.5 Å². The number of rotatable bonds is 5. The highest BCUT2D eigenvalue weighted by Gasteiger charge is 2.16. The topological polar surface area (TPSA) is 54.5 Å². The summed E-state index contributed by atoms with van der Waals surface area (Å²) in [5, 5.41) is 3.77. The highest BCUT2D eigenvalue weighted by Crippen LogP contribution is 2.33. The second-order valence-corrected chi connectivity index (χ2v) is 6.76. The summed E-state index contributed by atoms with van der Waals surface area (Å²) in [6.45, 7) is 0. The molecule has 138 valence electrons. The molecule has 0 aliphatic carbocycles. The Labute approximate surface area is 167 Å². The first-order chi connectivity index (χ1) is 13.0. The highest BCUT2D eigenvalue weighted by atomic mass is 35.5. The van der Waals surface area contributed by atoms with Gasteiger partial charge >= 0.3 is 0 Å². The van der Waals surface area contributed by atoms with E-state index in [1.54, 1.807) is 30.5 Å². The van der Waals surface area contributed by atoms with Gasteiger partial charge in [0.25, 0.3) is 5.91 Å². The highest BCUT2D eigenvalue weighted by molar-refractivity contribution is 6.34. The maximum atomic E-state index is 12.8. The summed E-state index contributed by atoms with van der Waals surface area (Å²) in [5.41, 5.74) is 1.85. The molecule has 1 N–H and O–H groups in total. The number of hydrogen-bond donors (Lipinski definition) is 1. The standard InChI is InChI=1S/C20H17Cl2N3O2/c1-25(2)17-6-4-3-5-16(17)24-20(26)14-12-23-10-9-18(14)27-19-11-13(21)7-8-15(19)22/h3-12H,1-2H3,(H,24,26). The van der Waals surface area contributed by atoms with Crippen molar-refractivity contribution in [2.45, 2.75) is 0 Å². The maximum absolute atomic E-state index is 12.8. The predicted octanol–water partition coefficient (Wildman–Crippen LogP) is 5.50. The smallest absolute Gasteiger partial charge is 0.261 e. The molecular weight excluding hydrogens is 385 g/mol. The van der Waals surface area contributed by atoms with E-state index in [0.29, 0.717) is 27.2 Å². The number of benzene rings is 2. The number of aromatic nitrogens is 1. The molecule has 2 aromatic carbocycles. The van der Waals surface area contributed by atoms with E-state index in [1.165, 1.54) is 6.20 Å². The lowest BCUT2D eigenvalue weighted by molar-refractivity contribution is 0.102. The van der Waals surface area contributed by atoms with Crippen LogP contribution >= 0.6 is 23.2 Å². The summed E-state index contributed by atoms with van der Waals surface area (Å²) < 4.78 is 5.83. The second-order valence-electron chi connectivity index (χ2n) is 5.91. The molecule has 0 aliphatic rings. The first-order valence-corrected chi connectivity index (χ1v) is 8.86. The van der Waals surface area contributed by atoms with E-state index in [-0.39, 0.29) is 11.5 Å². The van der Waals surface area contributed by atoms with Gasteiger partial charge in [0.05, 0.1) is 16.4 Å². The number of nitrogens with zero attached hydrogens (tertiary/aromatic N) is 2.